The first kappa shape index (κ1) is 22.6. The van der Waals surface area contributed by atoms with E-state index in [4.69, 9.17) is 16.3 Å². The summed E-state index contributed by atoms with van der Waals surface area (Å²) in [7, 11) is 0. The van der Waals surface area contributed by atoms with Gasteiger partial charge in [0.15, 0.2) is 6.61 Å². The Morgan fingerprint density at radius 1 is 1.16 bits per heavy atom. The Morgan fingerprint density at radius 3 is 2.55 bits per heavy atom. The van der Waals surface area contributed by atoms with Crippen LogP contribution >= 0.6 is 11.6 Å². The van der Waals surface area contributed by atoms with E-state index in [9.17, 15) is 27.6 Å². The zero-order valence-electron chi connectivity index (χ0n) is 16.1. The van der Waals surface area contributed by atoms with Crippen molar-refractivity contribution in [2.45, 2.75) is 19.1 Å². The van der Waals surface area contributed by atoms with E-state index >= 15 is 0 Å². The van der Waals surface area contributed by atoms with Crippen LogP contribution in [0.5, 0.6) is 0 Å². The molecule has 0 bridgehead atoms. The van der Waals surface area contributed by atoms with Gasteiger partial charge in [0.05, 0.1) is 16.5 Å². The lowest BCUT2D eigenvalue weighted by Gasteiger charge is -2.16. The van der Waals surface area contributed by atoms with E-state index < -0.39 is 41.2 Å². The molecule has 0 aliphatic carbocycles. The second-order valence-corrected chi connectivity index (χ2v) is 7.42. The quantitative estimate of drug-likeness (QED) is 0.672. The van der Waals surface area contributed by atoms with Gasteiger partial charge >= 0.3 is 12.1 Å². The molecule has 1 atom stereocenters. The molecule has 6 nitrogen and oxygen atoms in total. The lowest BCUT2D eigenvalue weighted by Crippen LogP contribution is -2.28. The highest BCUT2D eigenvalue weighted by Crippen LogP contribution is 2.36. The summed E-state index contributed by atoms with van der Waals surface area (Å²) in [6.07, 6.45) is -4.70. The number of nitrogens with one attached hydrogen (secondary N) is 1. The third-order valence-corrected chi connectivity index (χ3v) is 4.99. The monoisotopic (exact) mass is 454 g/mol. The van der Waals surface area contributed by atoms with Crippen LogP contribution in [0.2, 0.25) is 5.02 Å². The number of likely N-dealkylation sites (tertiary alicyclic amines) is 1. The average Bonchev–Trinajstić information content (AvgIpc) is 3.08. The Balaban J connectivity index is 1.51. The number of alkyl halides is 3. The minimum absolute atomic E-state index is 0.0284. The number of esters is 1. The molecule has 1 fully saturated rings. The normalized spacial score (nSPS) is 16.3. The Hall–Kier alpha value is -3.07. The molecule has 2 aromatic rings. The Kier molecular flexibility index (Phi) is 6.84. The van der Waals surface area contributed by atoms with Gasteiger partial charge in [0.1, 0.15) is 0 Å². The van der Waals surface area contributed by atoms with Crippen LogP contribution in [0.15, 0.2) is 48.5 Å². The summed E-state index contributed by atoms with van der Waals surface area (Å²) in [6.45, 7) is -0.158. The number of amides is 2. The van der Waals surface area contributed by atoms with E-state index in [0.717, 1.165) is 11.6 Å². The number of hydrogen-bond donors (Lipinski definition) is 1. The van der Waals surface area contributed by atoms with Crippen molar-refractivity contribution in [1.29, 1.82) is 0 Å². The van der Waals surface area contributed by atoms with E-state index in [1.54, 1.807) is 0 Å². The van der Waals surface area contributed by atoms with E-state index in [0.29, 0.717) is 12.6 Å². The molecule has 1 heterocycles. The molecule has 1 aliphatic heterocycles. The second kappa shape index (κ2) is 9.38. The van der Waals surface area contributed by atoms with Crippen molar-refractivity contribution >= 4 is 35.1 Å². The van der Waals surface area contributed by atoms with Gasteiger partial charge < -0.3 is 15.0 Å². The number of hydrogen-bond acceptors (Lipinski definition) is 4. The van der Waals surface area contributed by atoms with Gasteiger partial charge in [0.25, 0.3) is 5.91 Å². The van der Waals surface area contributed by atoms with Crippen LogP contribution < -0.4 is 5.32 Å². The van der Waals surface area contributed by atoms with Crippen LogP contribution in [0, 0.1) is 5.92 Å². The zero-order valence-corrected chi connectivity index (χ0v) is 16.9. The SMILES string of the molecule is O=C(COC(=O)[C@H]1CC(=O)N(Cc2ccccc2)C1)Nc1ccc(Cl)c(C(F)(F)F)c1. The Labute approximate surface area is 180 Å². The van der Waals surface area contributed by atoms with Gasteiger partial charge in [-0.1, -0.05) is 41.9 Å². The zero-order chi connectivity index (χ0) is 22.6. The first-order valence-electron chi connectivity index (χ1n) is 9.28. The molecule has 3 rings (SSSR count). The third-order valence-electron chi connectivity index (χ3n) is 4.67. The molecule has 0 unspecified atom stereocenters. The van der Waals surface area contributed by atoms with E-state index in [1.165, 1.54) is 11.0 Å². The van der Waals surface area contributed by atoms with Gasteiger partial charge in [0.2, 0.25) is 5.91 Å². The van der Waals surface area contributed by atoms with Crippen molar-refractivity contribution in [2.75, 3.05) is 18.5 Å². The number of nitrogens with zero attached hydrogens (tertiary/aromatic N) is 1. The van der Waals surface area contributed by atoms with Crippen molar-refractivity contribution < 1.29 is 32.3 Å². The third kappa shape index (κ3) is 5.97. The van der Waals surface area contributed by atoms with Crippen LogP contribution in [-0.2, 0) is 31.8 Å². The summed E-state index contributed by atoms with van der Waals surface area (Å²) in [6, 6.07) is 12.2. The molecule has 0 radical (unpaired) electrons. The number of benzene rings is 2. The summed E-state index contributed by atoms with van der Waals surface area (Å²) in [5.74, 6) is -2.44. The van der Waals surface area contributed by atoms with E-state index in [2.05, 4.69) is 5.32 Å². The smallest absolute Gasteiger partial charge is 0.417 e. The van der Waals surface area contributed by atoms with Crippen LogP contribution in [0.25, 0.3) is 0 Å². The highest BCUT2D eigenvalue weighted by Gasteiger charge is 2.36. The molecule has 1 N–H and O–H groups in total. The number of ether oxygens (including phenoxy) is 1. The number of carbonyl (C=O) groups excluding carboxylic acids is 3. The van der Waals surface area contributed by atoms with Crippen LogP contribution in [0.4, 0.5) is 18.9 Å². The largest absolute Gasteiger partial charge is 0.455 e. The van der Waals surface area contributed by atoms with Crippen molar-refractivity contribution in [1.82, 2.24) is 4.90 Å². The van der Waals surface area contributed by atoms with Crippen molar-refractivity contribution in [2.24, 2.45) is 5.92 Å². The molecule has 10 heteroatoms. The van der Waals surface area contributed by atoms with Gasteiger partial charge in [-0.05, 0) is 23.8 Å². The minimum atomic E-state index is -4.68. The molecule has 2 aromatic carbocycles. The molecular formula is C21H18ClF3N2O4. The fourth-order valence-corrected chi connectivity index (χ4v) is 3.38. The molecule has 0 aromatic heterocycles. The summed E-state index contributed by atoms with van der Waals surface area (Å²) >= 11 is 5.53. The van der Waals surface area contributed by atoms with E-state index in [1.807, 2.05) is 30.3 Å². The Morgan fingerprint density at radius 2 is 1.87 bits per heavy atom. The fourth-order valence-electron chi connectivity index (χ4n) is 3.16. The van der Waals surface area contributed by atoms with Crippen molar-refractivity contribution in [3.8, 4) is 0 Å². The van der Waals surface area contributed by atoms with E-state index in [-0.39, 0.29) is 24.6 Å². The maximum atomic E-state index is 12.9. The van der Waals surface area contributed by atoms with Gasteiger partial charge in [-0.2, -0.15) is 13.2 Å². The van der Waals surface area contributed by atoms with Gasteiger partial charge in [-0.15, -0.1) is 0 Å². The van der Waals surface area contributed by atoms with Crippen LogP contribution in [0.1, 0.15) is 17.5 Å². The summed E-state index contributed by atoms with van der Waals surface area (Å²) in [5, 5.41) is 1.73. The predicted octanol–water partition coefficient (Wildman–Crippen LogP) is 3.89. The highest BCUT2D eigenvalue weighted by atomic mass is 35.5. The summed E-state index contributed by atoms with van der Waals surface area (Å²) < 4.78 is 43.6. The number of carbonyl (C=O) groups is 3. The lowest BCUT2D eigenvalue weighted by atomic mass is 10.1. The van der Waals surface area contributed by atoms with Crippen molar-refractivity contribution in [3.63, 3.8) is 0 Å². The maximum absolute atomic E-state index is 12.9. The minimum Gasteiger partial charge on any atom is -0.455 e. The standard InChI is InChI=1S/C21H18ClF3N2O4/c22-17-7-6-15(9-16(17)21(23,24)25)26-18(28)12-31-20(30)14-8-19(29)27(11-14)10-13-4-2-1-3-5-13/h1-7,9,14H,8,10-12H2,(H,26,28)/t14-/m0/s1. The topological polar surface area (TPSA) is 75.7 Å². The number of halogens is 4. The first-order valence-corrected chi connectivity index (χ1v) is 9.66. The van der Waals surface area contributed by atoms with Gasteiger partial charge in [-0.3, -0.25) is 14.4 Å². The Bertz CT molecular complexity index is 982. The summed E-state index contributed by atoms with van der Waals surface area (Å²) in [5.41, 5.74) is -0.305. The summed E-state index contributed by atoms with van der Waals surface area (Å²) in [4.78, 5) is 37.9. The number of anilines is 1. The lowest BCUT2D eigenvalue weighted by molar-refractivity contribution is -0.151. The molecule has 1 aliphatic rings. The second-order valence-electron chi connectivity index (χ2n) is 7.01. The average molecular weight is 455 g/mol. The number of rotatable bonds is 6. The van der Waals surface area contributed by atoms with Crippen LogP contribution in [0.3, 0.4) is 0 Å². The fraction of sp³-hybridized carbons (Fsp3) is 0.286. The molecule has 0 saturated carbocycles. The molecule has 2 amide bonds. The molecule has 31 heavy (non-hydrogen) atoms. The molecule has 164 valence electrons. The van der Waals surface area contributed by atoms with Crippen molar-refractivity contribution in [3.05, 3.63) is 64.7 Å². The first-order chi connectivity index (χ1) is 14.6. The predicted molar refractivity (Wildman–Crippen MR) is 106 cm³/mol. The van der Waals surface area contributed by atoms with Gasteiger partial charge in [-0.25, -0.2) is 0 Å². The van der Waals surface area contributed by atoms with Gasteiger partial charge in [0, 0.05) is 25.2 Å². The van der Waals surface area contributed by atoms with Crippen LogP contribution in [-0.4, -0.2) is 35.8 Å². The molecule has 1 saturated heterocycles. The maximum Gasteiger partial charge on any atom is 0.417 e. The molecule has 0 spiro atoms. The molecular weight excluding hydrogens is 437 g/mol. The highest BCUT2D eigenvalue weighted by molar-refractivity contribution is 6.31.